The normalized spacial score (nSPS) is 12.0. The van der Waals surface area contributed by atoms with E-state index in [9.17, 15) is 0 Å². The molecule has 3 heteroatoms. The lowest BCUT2D eigenvalue weighted by Crippen LogP contribution is -2.21. The van der Waals surface area contributed by atoms with E-state index in [0.29, 0.717) is 0 Å². The molecule has 0 bridgehead atoms. The Morgan fingerprint density at radius 3 is 2.07 bits per heavy atom. The topological polar surface area (TPSA) is 40.7 Å². The molecule has 0 amide bonds. The van der Waals surface area contributed by atoms with E-state index in [0.717, 1.165) is 30.0 Å². The summed E-state index contributed by atoms with van der Waals surface area (Å²) in [6.07, 6.45) is 2.91. The molecule has 3 nitrogen and oxygen atoms in total. The van der Waals surface area contributed by atoms with Gasteiger partial charge in [0, 0.05) is 6.54 Å². The molecule has 0 saturated carbocycles. The van der Waals surface area contributed by atoms with Gasteiger partial charge in [-0.2, -0.15) is 0 Å². The Balaban J connectivity index is 1.47. The second-order valence-electron chi connectivity index (χ2n) is 6.95. The Hall–Kier alpha value is -3.17. The van der Waals surface area contributed by atoms with E-state index < -0.39 is 0 Å². The zero-order valence-corrected chi connectivity index (χ0v) is 16.1. The summed E-state index contributed by atoms with van der Waals surface area (Å²) in [7, 11) is 0. The molecule has 0 fully saturated rings. The van der Waals surface area contributed by atoms with Crippen molar-refractivity contribution in [2.75, 3.05) is 0 Å². The Bertz CT molecular complexity index is 989. The van der Waals surface area contributed by atoms with E-state index in [2.05, 4.69) is 95.0 Å². The smallest absolute Gasteiger partial charge is 0.123 e. The van der Waals surface area contributed by atoms with Crippen LogP contribution in [0, 0.1) is 0 Å². The van der Waals surface area contributed by atoms with E-state index in [1.54, 1.807) is 0 Å². The van der Waals surface area contributed by atoms with Gasteiger partial charge in [0.25, 0.3) is 0 Å². The zero-order chi connectivity index (χ0) is 19.2. The van der Waals surface area contributed by atoms with Crippen LogP contribution in [0.25, 0.3) is 22.4 Å². The fraction of sp³-hybridized carbons (Fsp3) is 0.160. The maximum Gasteiger partial charge on any atom is 0.123 e. The number of aromatic nitrogens is 2. The highest BCUT2D eigenvalue weighted by Crippen LogP contribution is 2.25. The van der Waals surface area contributed by atoms with Crippen molar-refractivity contribution < 1.29 is 0 Å². The molecule has 0 aliphatic rings. The van der Waals surface area contributed by atoms with Crippen LogP contribution in [0.5, 0.6) is 0 Å². The number of imidazole rings is 1. The average Bonchev–Trinajstić information content (AvgIpc) is 3.26. The summed E-state index contributed by atoms with van der Waals surface area (Å²) in [5.74, 6) is 0.987. The molecular weight excluding hydrogens is 342 g/mol. The van der Waals surface area contributed by atoms with Gasteiger partial charge in [0.15, 0.2) is 0 Å². The maximum absolute atomic E-state index is 4.64. The quantitative estimate of drug-likeness (QED) is 0.421. The van der Waals surface area contributed by atoms with Crippen molar-refractivity contribution in [1.82, 2.24) is 15.3 Å². The largest absolute Gasteiger partial charge is 0.341 e. The Kier molecular flexibility index (Phi) is 5.64. The lowest BCUT2D eigenvalue weighted by molar-refractivity contribution is 0.498. The van der Waals surface area contributed by atoms with Crippen molar-refractivity contribution in [1.29, 1.82) is 0 Å². The molecule has 1 aromatic heterocycles. The number of hydrogen-bond donors (Lipinski definition) is 2. The first-order valence-corrected chi connectivity index (χ1v) is 9.81. The summed E-state index contributed by atoms with van der Waals surface area (Å²) < 4.78 is 0. The highest BCUT2D eigenvalue weighted by atomic mass is 15.0. The number of nitrogens with zero attached hydrogens (tertiary/aromatic N) is 1. The summed E-state index contributed by atoms with van der Waals surface area (Å²) in [6, 6.07) is 29.7. The lowest BCUT2D eigenvalue weighted by Gasteiger charge is -2.14. The SMILES string of the molecule is CCC(NCc1ccccc1)c1ncc(-c2ccc(-c3ccccc3)cc2)[nH]1. The van der Waals surface area contributed by atoms with E-state index in [1.807, 2.05) is 18.3 Å². The zero-order valence-electron chi connectivity index (χ0n) is 16.1. The van der Waals surface area contributed by atoms with Crippen molar-refractivity contribution in [2.45, 2.75) is 25.9 Å². The van der Waals surface area contributed by atoms with Crippen molar-refractivity contribution in [2.24, 2.45) is 0 Å². The van der Waals surface area contributed by atoms with Crippen LogP contribution in [-0.2, 0) is 6.54 Å². The van der Waals surface area contributed by atoms with Gasteiger partial charge in [-0.3, -0.25) is 0 Å². The molecule has 4 rings (SSSR count). The fourth-order valence-electron chi connectivity index (χ4n) is 3.40. The summed E-state index contributed by atoms with van der Waals surface area (Å²) in [5, 5.41) is 3.60. The molecule has 4 aromatic rings. The van der Waals surface area contributed by atoms with Gasteiger partial charge in [0.2, 0.25) is 0 Å². The first kappa shape index (κ1) is 18.2. The number of hydrogen-bond acceptors (Lipinski definition) is 2. The summed E-state index contributed by atoms with van der Waals surface area (Å²) >= 11 is 0. The highest BCUT2D eigenvalue weighted by molar-refractivity contribution is 5.68. The highest BCUT2D eigenvalue weighted by Gasteiger charge is 2.13. The van der Waals surface area contributed by atoms with Gasteiger partial charge in [-0.15, -0.1) is 0 Å². The summed E-state index contributed by atoms with van der Waals surface area (Å²) in [6.45, 7) is 3.01. The van der Waals surface area contributed by atoms with Crippen LogP contribution in [-0.4, -0.2) is 9.97 Å². The Morgan fingerprint density at radius 1 is 0.786 bits per heavy atom. The first-order chi connectivity index (χ1) is 13.8. The lowest BCUT2D eigenvalue weighted by atomic mass is 10.0. The second-order valence-corrected chi connectivity index (χ2v) is 6.95. The van der Waals surface area contributed by atoms with Gasteiger partial charge in [0.05, 0.1) is 17.9 Å². The molecule has 2 N–H and O–H groups in total. The van der Waals surface area contributed by atoms with Crippen LogP contribution >= 0.6 is 0 Å². The second kappa shape index (κ2) is 8.68. The van der Waals surface area contributed by atoms with Crippen LogP contribution in [0.3, 0.4) is 0 Å². The van der Waals surface area contributed by atoms with Crippen molar-refractivity contribution in [3.8, 4) is 22.4 Å². The molecule has 0 aliphatic carbocycles. The third-order valence-corrected chi connectivity index (χ3v) is 5.03. The first-order valence-electron chi connectivity index (χ1n) is 9.81. The summed E-state index contributed by atoms with van der Waals surface area (Å²) in [5.41, 5.74) is 5.94. The Morgan fingerprint density at radius 2 is 1.39 bits per heavy atom. The number of aromatic amines is 1. The van der Waals surface area contributed by atoms with Crippen LogP contribution in [0.2, 0.25) is 0 Å². The molecule has 0 spiro atoms. The predicted octanol–water partition coefficient (Wildman–Crippen LogP) is 5.98. The number of rotatable bonds is 7. The van der Waals surface area contributed by atoms with Gasteiger partial charge in [-0.1, -0.05) is 91.9 Å². The third kappa shape index (κ3) is 4.21. The average molecular weight is 367 g/mol. The van der Waals surface area contributed by atoms with Gasteiger partial charge in [-0.05, 0) is 28.7 Å². The number of benzene rings is 3. The van der Waals surface area contributed by atoms with E-state index in [4.69, 9.17) is 0 Å². The van der Waals surface area contributed by atoms with Crippen LogP contribution in [0.4, 0.5) is 0 Å². The van der Waals surface area contributed by atoms with E-state index in [-0.39, 0.29) is 6.04 Å². The van der Waals surface area contributed by atoms with Gasteiger partial charge >= 0.3 is 0 Å². The van der Waals surface area contributed by atoms with Crippen molar-refractivity contribution in [3.63, 3.8) is 0 Å². The minimum absolute atomic E-state index is 0.206. The molecule has 140 valence electrons. The molecule has 28 heavy (non-hydrogen) atoms. The number of H-pyrrole nitrogens is 1. The molecule has 0 aliphatic heterocycles. The maximum atomic E-state index is 4.64. The number of nitrogens with one attached hydrogen (secondary N) is 2. The third-order valence-electron chi connectivity index (χ3n) is 5.03. The van der Waals surface area contributed by atoms with Gasteiger partial charge < -0.3 is 10.3 Å². The molecule has 1 atom stereocenters. The van der Waals surface area contributed by atoms with Crippen molar-refractivity contribution in [3.05, 3.63) is 103 Å². The van der Waals surface area contributed by atoms with E-state index >= 15 is 0 Å². The van der Waals surface area contributed by atoms with Crippen molar-refractivity contribution >= 4 is 0 Å². The minimum Gasteiger partial charge on any atom is -0.341 e. The monoisotopic (exact) mass is 367 g/mol. The molecular formula is C25H25N3. The van der Waals surface area contributed by atoms with E-state index in [1.165, 1.54) is 16.7 Å². The molecule has 1 unspecified atom stereocenters. The molecule has 1 heterocycles. The standard InChI is InChI=1S/C25H25N3/c1-2-23(26-17-19-9-5-3-6-10-19)25-27-18-24(28-25)22-15-13-21(14-16-22)20-11-7-4-8-12-20/h3-16,18,23,26H,2,17H2,1H3,(H,27,28). The molecule has 0 saturated heterocycles. The van der Waals surface area contributed by atoms with Gasteiger partial charge in [0.1, 0.15) is 5.82 Å². The van der Waals surface area contributed by atoms with Crippen LogP contribution in [0.1, 0.15) is 30.8 Å². The minimum atomic E-state index is 0.206. The Labute approximate surface area is 166 Å². The fourth-order valence-corrected chi connectivity index (χ4v) is 3.40. The summed E-state index contributed by atoms with van der Waals surface area (Å²) in [4.78, 5) is 8.14. The van der Waals surface area contributed by atoms with Crippen LogP contribution in [0.15, 0.2) is 91.1 Å². The predicted molar refractivity (Wildman–Crippen MR) is 116 cm³/mol. The van der Waals surface area contributed by atoms with Crippen LogP contribution < -0.4 is 5.32 Å². The molecule has 3 aromatic carbocycles. The van der Waals surface area contributed by atoms with Gasteiger partial charge in [-0.25, -0.2) is 4.98 Å². The molecule has 0 radical (unpaired) electrons.